The highest BCUT2D eigenvalue weighted by atomic mass is 16.5. The smallest absolute Gasteiger partial charge is 0.409 e. The molecule has 0 aliphatic carbocycles. The number of pyridine rings is 1. The summed E-state index contributed by atoms with van der Waals surface area (Å²) in [5, 5.41) is 1.07. The molecule has 1 aromatic heterocycles. The Bertz CT molecular complexity index is 540. The van der Waals surface area contributed by atoms with Crippen molar-refractivity contribution >= 4 is 17.0 Å². The van der Waals surface area contributed by atoms with E-state index in [9.17, 15) is 4.79 Å². The van der Waals surface area contributed by atoms with Crippen molar-refractivity contribution < 1.29 is 9.53 Å². The van der Waals surface area contributed by atoms with E-state index in [-0.39, 0.29) is 6.09 Å². The number of hydrogen-bond donors (Lipinski definition) is 0. The summed E-state index contributed by atoms with van der Waals surface area (Å²) < 4.78 is 4.64. The summed E-state index contributed by atoms with van der Waals surface area (Å²) in [6, 6.07) is 9.92. The molecule has 4 nitrogen and oxygen atoms in total. The lowest BCUT2D eigenvalue weighted by molar-refractivity contribution is 0.131. The zero-order valence-electron chi connectivity index (χ0n) is 9.88. The van der Waals surface area contributed by atoms with Gasteiger partial charge in [-0.05, 0) is 17.7 Å². The van der Waals surface area contributed by atoms with E-state index in [0.717, 1.165) is 16.5 Å². The van der Waals surface area contributed by atoms with Crippen LogP contribution in [-0.4, -0.2) is 30.1 Å². The monoisotopic (exact) mass is 230 g/mol. The summed E-state index contributed by atoms with van der Waals surface area (Å²) in [5.74, 6) is 0. The van der Waals surface area contributed by atoms with E-state index in [1.54, 1.807) is 13.2 Å². The van der Waals surface area contributed by atoms with Gasteiger partial charge in [-0.2, -0.15) is 0 Å². The van der Waals surface area contributed by atoms with Gasteiger partial charge in [0, 0.05) is 18.6 Å². The minimum Gasteiger partial charge on any atom is -0.453 e. The Morgan fingerprint density at radius 1 is 1.41 bits per heavy atom. The second-order valence-electron chi connectivity index (χ2n) is 3.86. The molecule has 0 aliphatic rings. The number of fused-ring (bicyclic) bond motifs is 1. The highest BCUT2D eigenvalue weighted by Gasteiger charge is 2.08. The molecule has 0 N–H and O–H groups in total. The number of para-hydroxylation sites is 1. The third-order valence-corrected chi connectivity index (χ3v) is 2.55. The third kappa shape index (κ3) is 2.53. The number of benzene rings is 1. The highest BCUT2D eigenvalue weighted by Crippen LogP contribution is 2.13. The number of carbonyl (C=O) groups excluding carboxylic acids is 1. The molecule has 17 heavy (non-hydrogen) atoms. The van der Waals surface area contributed by atoms with Crippen LogP contribution in [0.15, 0.2) is 36.5 Å². The summed E-state index contributed by atoms with van der Waals surface area (Å²) in [6.07, 6.45) is 1.43. The second kappa shape index (κ2) is 4.82. The van der Waals surface area contributed by atoms with E-state index >= 15 is 0 Å². The van der Waals surface area contributed by atoms with Crippen LogP contribution >= 0.6 is 0 Å². The Balaban J connectivity index is 2.22. The topological polar surface area (TPSA) is 42.4 Å². The maximum atomic E-state index is 11.3. The van der Waals surface area contributed by atoms with Crippen LogP contribution in [0.3, 0.4) is 0 Å². The fraction of sp³-hybridized carbons (Fsp3) is 0.231. The van der Waals surface area contributed by atoms with Gasteiger partial charge in [0.1, 0.15) is 0 Å². The van der Waals surface area contributed by atoms with E-state index in [1.807, 2.05) is 30.3 Å². The largest absolute Gasteiger partial charge is 0.453 e. The van der Waals surface area contributed by atoms with Gasteiger partial charge in [0.05, 0.1) is 19.2 Å². The Hall–Kier alpha value is -2.10. The van der Waals surface area contributed by atoms with Crippen LogP contribution in [0.5, 0.6) is 0 Å². The Morgan fingerprint density at radius 2 is 2.18 bits per heavy atom. The molecule has 1 aromatic carbocycles. The minimum absolute atomic E-state index is 0.349. The SMILES string of the molecule is COC(=O)N(C)Cc1cnc2ccccc2c1. The standard InChI is InChI=1S/C13H14N2O2/c1-15(13(16)17-2)9-10-7-11-5-3-4-6-12(11)14-8-10/h3-8H,9H2,1-2H3. The third-order valence-electron chi connectivity index (χ3n) is 2.55. The van der Waals surface area contributed by atoms with E-state index < -0.39 is 0 Å². The van der Waals surface area contributed by atoms with Gasteiger partial charge < -0.3 is 9.64 Å². The predicted octanol–water partition coefficient (Wildman–Crippen LogP) is 2.43. The lowest BCUT2D eigenvalue weighted by Crippen LogP contribution is -2.25. The predicted molar refractivity (Wildman–Crippen MR) is 65.6 cm³/mol. The van der Waals surface area contributed by atoms with Gasteiger partial charge >= 0.3 is 6.09 Å². The number of aromatic nitrogens is 1. The minimum atomic E-state index is -0.349. The van der Waals surface area contributed by atoms with Crippen molar-refractivity contribution in [1.29, 1.82) is 0 Å². The van der Waals surface area contributed by atoms with Crippen molar-refractivity contribution in [2.24, 2.45) is 0 Å². The van der Waals surface area contributed by atoms with Crippen LogP contribution in [0.25, 0.3) is 10.9 Å². The molecule has 0 radical (unpaired) electrons. The molecule has 2 rings (SSSR count). The molecule has 0 saturated heterocycles. The van der Waals surface area contributed by atoms with Crippen molar-refractivity contribution in [2.75, 3.05) is 14.2 Å². The molecule has 1 amide bonds. The molecule has 88 valence electrons. The fourth-order valence-corrected chi connectivity index (χ4v) is 1.70. The summed E-state index contributed by atoms with van der Waals surface area (Å²) >= 11 is 0. The first-order valence-electron chi connectivity index (χ1n) is 5.33. The molecule has 0 bridgehead atoms. The zero-order valence-corrected chi connectivity index (χ0v) is 9.88. The molecule has 0 aliphatic heterocycles. The molecular weight excluding hydrogens is 216 g/mol. The number of ether oxygens (including phenoxy) is 1. The maximum absolute atomic E-state index is 11.3. The van der Waals surface area contributed by atoms with E-state index in [2.05, 4.69) is 9.72 Å². The van der Waals surface area contributed by atoms with Gasteiger partial charge in [-0.15, -0.1) is 0 Å². The molecule has 0 saturated carbocycles. The van der Waals surface area contributed by atoms with Crippen LogP contribution < -0.4 is 0 Å². The Morgan fingerprint density at radius 3 is 2.94 bits per heavy atom. The Kier molecular flexibility index (Phi) is 3.23. The van der Waals surface area contributed by atoms with Gasteiger partial charge in [-0.25, -0.2) is 4.79 Å². The fourth-order valence-electron chi connectivity index (χ4n) is 1.70. The van der Waals surface area contributed by atoms with Crippen LogP contribution in [0.1, 0.15) is 5.56 Å². The van der Waals surface area contributed by atoms with Crippen LogP contribution in [0.2, 0.25) is 0 Å². The van der Waals surface area contributed by atoms with Gasteiger partial charge in [0.2, 0.25) is 0 Å². The number of amides is 1. The lowest BCUT2D eigenvalue weighted by atomic mass is 10.1. The first kappa shape index (κ1) is 11.4. The quantitative estimate of drug-likeness (QED) is 0.795. The Labute approximate surface area is 99.8 Å². The normalized spacial score (nSPS) is 10.2. The second-order valence-corrected chi connectivity index (χ2v) is 3.86. The molecule has 0 spiro atoms. The summed E-state index contributed by atoms with van der Waals surface area (Å²) in [7, 11) is 3.07. The van der Waals surface area contributed by atoms with Gasteiger partial charge in [-0.3, -0.25) is 4.98 Å². The van der Waals surface area contributed by atoms with Gasteiger partial charge in [0.25, 0.3) is 0 Å². The van der Waals surface area contributed by atoms with E-state index in [0.29, 0.717) is 6.54 Å². The number of rotatable bonds is 2. The van der Waals surface area contributed by atoms with E-state index in [4.69, 9.17) is 0 Å². The average molecular weight is 230 g/mol. The first-order valence-corrected chi connectivity index (χ1v) is 5.33. The molecule has 0 atom stereocenters. The first-order chi connectivity index (χ1) is 8.20. The number of methoxy groups -OCH3 is 1. The summed E-state index contributed by atoms with van der Waals surface area (Å²) in [4.78, 5) is 17.1. The van der Waals surface area contributed by atoms with Crippen molar-refractivity contribution in [3.05, 3.63) is 42.1 Å². The van der Waals surface area contributed by atoms with Crippen molar-refractivity contribution in [2.45, 2.75) is 6.54 Å². The molecule has 4 heteroatoms. The molecule has 2 aromatic rings. The van der Waals surface area contributed by atoms with Crippen LogP contribution in [-0.2, 0) is 11.3 Å². The number of nitrogens with zero attached hydrogens (tertiary/aromatic N) is 2. The van der Waals surface area contributed by atoms with Crippen LogP contribution in [0.4, 0.5) is 4.79 Å². The lowest BCUT2D eigenvalue weighted by Gasteiger charge is -2.15. The number of hydrogen-bond acceptors (Lipinski definition) is 3. The van der Waals surface area contributed by atoms with Crippen molar-refractivity contribution in [1.82, 2.24) is 9.88 Å². The molecule has 1 heterocycles. The summed E-state index contributed by atoms with van der Waals surface area (Å²) in [5.41, 5.74) is 1.94. The van der Waals surface area contributed by atoms with Gasteiger partial charge in [0.15, 0.2) is 0 Å². The maximum Gasteiger partial charge on any atom is 0.409 e. The van der Waals surface area contributed by atoms with Crippen LogP contribution in [0, 0.1) is 0 Å². The van der Waals surface area contributed by atoms with E-state index in [1.165, 1.54) is 12.0 Å². The zero-order chi connectivity index (χ0) is 12.3. The summed E-state index contributed by atoms with van der Waals surface area (Å²) in [6.45, 7) is 0.491. The molecule has 0 unspecified atom stereocenters. The average Bonchev–Trinajstić information content (AvgIpc) is 2.37. The highest BCUT2D eigenvalue weighted by molar-refractivity contribution is 5.78. The number of carbonyl (C=O) groups is 1. The van der Waals surface area contributed by atoms with Crippen molar-refractivity contribution in [3.63, 3.8) is 0 Å². The molecule has 0 fully saturated rings. The van der Waals surface area contributed by atoms with Crippen molar-refractivity contribution in [3.8, 4) is 0 Å². The molecular formula is C13H14N2O2. The van der Waals surface area contributed by atoms with Gasteiger partial charge in [-0.1, -0.05) is 18.2 Å².